The third-order valence-corrected chi connectivity index (χ3v) is 3.69. The second-order valence-electron chi connectivity index (χ2n) is 4.78. The number of nitriles is 1. The molecule has 0 saturated heterocycles. The topological polar surface area (TPSA) is 59.8 Å². The Morgan fingerprint density at radius 1 is 1.35 bits per heavy atom. The van der Waals surface area contributed by atoms with Crippen LogP contribution in [0.4, 0.5) is 0 Å². The smallest absolute Gasteiger partial charge is 0.0991 e. The number of benzene rings is 1. The van der Waals surface area contributed by atoms with Gasteiger partial charge in [-0.05, 0) is 48.9 Å². The average molecular weight is 226 g/mol. The fourth-order valence-electron chi connectivity index (χ4n) is 2.79. The molecule has 0 radical (unpaired) electrons. The first-order chi connectivity index (χ1) is 8.28. The fraction of sp³-hybridized carbons (Fsp3) is 0.357. The van der Waals surface area contributed by atoms with Gasteiger partial charge in [0.2, 0.25) is 0 Å². The molecule has 2 atom stereocenters. The van der Waals surface area contributed by atoms with Gasteiger partial charge < -0.3 is 10.1 Å². The summed E-state index contributed by atoms with van der Waals surface area (Å²) in [5.41, 5.74) is 3.01. The first kappa shape index (κ1) is 10.4. The van der Waals surface area contributed by atoms with Crippen molar-refractivity contribution in [3.8, 4) is 6.07 Å². The summed E-state index contributed by atoms with van der Waals surface area (Å²) in [5.74, 6) is 0.424. The number of aromatic amines is 1. The van der Waals surface area contributed by atoms with E-state index in [1.807, 2.05) is 24.4 Å². The lowest BCUT2D eigenvalue weighted by Gasteiger charge is -2.07. The molecule has 1 heterocycles. The lowest BCUT2D eigenvalue weighted by Crippen LogP contribution is -1.99. The molecular weight excluding hydrogens is 212 g/mol. The van der Waals surface area contributed by atoms with E-state index in [0.29, 0.717) is 11.5 Å². The summed E-state index contributed by atoms with van der Waals surface area (Å²) >= 11 is 0. The fourth-order valence-corrected chi connectivity index (χ4v) is 2.79. The molecule has 2 N–H and O–H groups in total. The lowest BCUT2D eigenvalue weighted by atomic mass is 9.96. The summed E-state index contributed by atoms with van der Waals surface area (Å²) in [7, 11) is 0. The number of nitrogens with zero attached hydrogens (tertiary/aromatic N) is 1. The molecule has 86 valence electrons. The number of hydrogen-bond donors (Lipinski definition) is 2. The average Bonchev–Trinajstić information content (AvgIpc) is 2.93. The van der Waals surface area contributed by atoms with Crippen molar-refractivity contribution in [3.63, 3.8) is 0 Å². The van der Waals surface area contributed by atoms with Crippen molar-refractivity contribution < 1.29 is 5.11 Å². The maximum atomic E-state index is 9.61. The third-order valence-electron chi connectivity index (χ3n) is 3.69. The van der Waals surface area contributed by atoms with Crippen LogP contribution >= 0.6 is 0 Å². The van der Waals surface area contributed by atoms with Gasteiger partial charge >= 0.3 is 0 Å². The molecule has 1 aliphatic carbocycles. The number of aromatic nitrogens is 1. The Balaban J connectivity index is 2.08. The summed E-state index contributed by atoms with van der Waals surface area (Å²) in [5, 5.41) is 19.7. The summed E-state index contributed by atoms with van der Waals surface area (Å²) in [6, 6.07) is 7.88. The molecule has 0 aliphatic heterocycles. The highest BCUT2D eigenvalue weighted by molar-refractivity contribution is 5.85. The summed E-state index contributed by atoms with van der Waals surface area (Å²) < 4.78 is 0. The minimum Gasteiger partial charge on any atom is -0.393 e. The molecule has 3 nitrogen and oxygen atoms in total. The van der Waals surface area contributed by atoms with Gasteiger partial charge in [0.15, 0.2) is 0 Å². The van der Waals surface area contributed by atoms with E-state index in [2.05, 4.69) is 11.1 Å². The SMILES string of the molecule is N#Cc1ccc2[nH]cc(C3CCC(O)C3)c2c1. The van der Waals surface area contributed by atoms with Gasteiger partial charge in [0, 0.05) is 17.1 Å². The van der Waals surface area contributed by atoms with Crippen LogP contribution in [0.3, 0.4) is 0 Å². The third kappa shape index (κ3) is 1.71. The molecule has 2 aromatic rings. The van der Waals surface area contributed by atoms with Crippen molar-refractivity contribution in [2.45, 2.75) is 31.3 Å². The number of rotatable bonds is 1. The van der Waals surface area contributed by atoms with Gasteiger partial charge in [-0.3, -0.25) is 0 Å². The highest BCUT2D eigenvalue weighted by Gasteiger charge is 2.26. The summed E-state index contributed by atoms with van der Waals surface area (Å²) in [6.45, 7) is 0. The molecule has 0 amide bonds. The second-order valence-corrected chi connectivity index (χ2v) is 4.78. The minimum absolute atomic E-state index is 0.163. The van der Waals surface area contributed by atoms with Gasteiger partial charge in [0.1, 0.15) is 0 Å². The molecule has 1 fully saturated rings. The first-order valence-corrected chi connectivity index (χ1v) is 5.97. The number of H-pyrrole nitrogens is 1. The van der Waals surface area contributed by atoms with Gasteiger partial charge in [0.25, 0.3) is 0 Å². The molecule has 3 heteroatoms. The van der Waals surface area contributed by atoms with Crippen LogP contribution in [0.2, 0.25) is 0 Å². The van der Waals surface area contributed by atoms with E-state index in [0.717, 1.165) is 30.2 Å². The predicted octanol–water partition coefficient (Wildman–Crippen LogP) is 2.67. The maximum Gasteiger partial charge on any atom is 0.0991 e. The number of aliphatic hydroxyl groups is 1. The first-order valence-electron chi connectivity index (χ1n) is 5.97. The Kier molecular flexibility index (Phi) is 2.38. The van der Waals surface area contributed by atoms with Crippen LogP contribution in [-0.4, -0.2) is 16.2 Å². The van der Waals surface area contributed by atoms with Gasteiger partial charge in [-0.2, -0.15) is 5.26 Å². The summed E-state index contributed by atoms with van der Waals surface area (Å²) in [6.07, 6.45) is 4.61. The molecule has 1 aliphatic rings. The Labute approximate surface area is 99.7 Å². The molecule has 2 unspecified atom stereocenters. The van der Waals surface area contributed by atoms with Crippen LogP contribution in [0.5, 0.6) is 0 Å². The van der Waals surface area contributed by atoms with Gasteiger partial charge in [-0.1, -0.05) is 0 Å². The molecule has 3 rings (SSSR count). The molecule has 1 aromatic heterocycles. The van der Waals surface area contributed by atoms with Gasteiger partial charge in [-0.25, -0.2) is 0 Å². The number of hydrogen-bond acceptors (Lipinski definition) is 2. The second kappa shape index (κ2) is 3.90. The van der Waals surface area contributed by atoms with Crippen molar-refractivity contribution in [1.82, 2.24) is 4.98 Å². The minimum atomic E-state index is -0.163. The van der Waals surface area contributed by atoms with E-state index in [4.69, 9.17) is 5.26 Å². The highest BCUT2D eigenvalue weighted by Crippen LogP contribution is 2.38. The zero-order valence-corrected chi connectivity index (χ0v) is 9.48. The Hall–Kier alpha value is -1.79. The Morgan fingerprint density at radius 3 is 2.94 bits per heavy atom. The Morgan fingerprint density at radius 2 is 2.24 bits per heavy atom. The van der Waals surface area contributed by atoms with Gasteiger partial charge in [0.05, 0.1) is 17.7 Å². The standard InChI is InChI=1S/C14H14N2O/c15-7-9-1-4-14-12(5-9)13(8-16-14)10-2-3-11(17)6-10/h1,4-5,8,10-11,16-17H,2-3,6H2. The van der Waals surface area contributed by atoms with E-state index < -0.39 is 0 Å². The number of fused-ring (bicyclic) bond motifs is 1. The van der Waals surface area contributed by atoms with Crippen LogP contribution in [0.1, 0.15) is 36.3 Å². The van der Waals surface area contributed by atoms with Crippen molar-refractivity contribution in [2.75, 3.05) is 0 Å². The van der Waals surface area contributed by atoms with Crippen LogP contribution in [0.25, 0.3) is 10.9 Å². The molecule has 0 spiro atoms. The van der Waals surface area contributed by atoms with Crippen molar-refractivity contribution in [1.29, 1.82) is 5.26 Å². The van der Waals surface area contributed by atoms with E-state index in [9.17, 15) is 5.11 Å². The van der Waals surface area contributed by atoms with E-state index in [-0.39, 0.29) is 6.10 Å². The predicted molar refractivity (Wildman–Crippen MR) is 65.6 cm³/mol. The largest absolute Gasteiger partial charge is 0.393 e. The van der Waals surface area contributed by atoms with Crippen LogP contribution in [0, 0.1) is 11.3 Å². The van der Waals surface area contributed by atoms with E-state index in [1.54, 1.807) is 0 Å². The molecule has 1 saturated carbocycles. The zero-order chi connectivity index (χ0) is 11.8. The monoisotopic (exact) mass is 226 g/mol. The van der Waals surface area contributed by atoms with E-state index >= 15 is 0 Å². The molecule has 1 aromatic carbocycles. The highest BCUT2D eigenvalue weighted by atomic mass is 16.3. The van der Waals surface area contributed by atoms with Crippen molar-refractivity contribution in [2.24, 2.45) is 0 Å². The van der Waals surface area contributed by atoms with Crippen LogP contribution < -0.4 is 0 Å². The zero-order valence-electron chi connectivity index (χ0n) is 9.48. The quantitative estimate of drug-likeness (QED) is 0.785. The van der Waals surface area contributed by atoms with Gasteiger partial charge in [-0.15, -0.1) is 0 Å². The van der Waals surface area contributed by atoms with Crippen LogP contribution in [-0.2, 0) is 0 Å². The lowest BCUT2D eigenvalue weighted by molar-refractivity contribution is 0.181. The van der Waals surface area contributed by atoms with Crippen molar-refractivity contribution in [3.05, 3.63) is 35.5 Å². The maximum absolute atomic E-state index is 9.61. The molecule has 17 heavy (non-hydrogen) atoms. The molecule has 0 bridgehead atoms. The number of aliphatic hydroxyl groups excluding tert-OH is 1. The Bertz CT molecular complexity index is 594. The van der Waals surface area contributed by atoms with Crippen LogP contribution in [0.15, 0.2) is 24.4 Å². The van der Waals surface area contributed by atoms with E-state index in [1.165, 1.54) is 5.56 Å². The number of nitrogens with one attached hydrogen (secondary N) is 1. The molecular formula is C14H14N2O. The normalized spacial score (nSPS) is 24.0. The summed E-state index contributed by atoms with van der Waals surface area (Å²) in [4.78, 5) is 3.24. The van der Waals surface area contributed by atoms with Crippen molar-refractivity contribution >= 4 is 10.9 Å².